The van der Waals surface area contributed by atoms with Crippen LogP contribution in [0.2, 0.25) is 0 Å². The van der Waals surface area contributed by atoms with E-state index in [2.05, 4.69) is 0 Å². The first kappa shape index (κ1) is 17.5. The van der Waals surface area contributed by atoms with Gasteiger partial charge in [-0.1, -0.05) is 18.2 Å². The summed E-state index contributed by atoms with van der Waals surface area (Å²) in [5.41, 5.74) is 2.57. The topological polar surface area (TPSA) is 48.0 Å². The standard InChI is InChI=1S/C22H23NO4/c1-25-19-9-10-20(26-2)16(12-19)13-23(18-7-8-18)22(24)17-11-15-5-3-4-6-21(15)27-14-17/h3-6,9-12,18H,7-8,13-14H2,1-2H3. The highest BCUT2D eigenvalue weighted by Gasteiger charge is 2.35. The number of amides is 1. The second-order valence-corrected chi connectivity index (χ2v) is 6.84. The number of hydrogen-bond acceptors (Lipinski definition) is 4. The fourth-order valence-corrected chi connectivity index (χ4v) is 3.37. The number of nitrogens with zero attached hydrogens (tertiary/aromatic N) is 1. The Hall–Kier alpha value is -2.95. The van der Waals surface area contributed by atoms with Crippen molar-refractivity contribution in [3.8, 4) is 17.2 Å². The Morgan fingerprint density at radius 3 is 2.70 bits per heavy atom. The van der Waals surface area contributed by atoms with Crippen LogP contribution in [0, 0.1) is 0 Å². The third kappa shape index (κ3) is 3.63. The summed E-state index contributed by atoms with van der Waals surface area (Å²) in [5, 5.41) is 0. The van der Waals surface area contributed by atoms with Gasteiger partial charge in [0.2, 0.25) is 0 Å². The molecule has 0 radical (unpaired) electrons. The molecule has 2 aromatic rings. The Labute approximate surface area is 159 Å². The largest absolute Gasteiger partial charge is 0.497 e. The number of carbonyl (C=O) groups is 1. The van der Waals surface area contributed by atoms with Gasteiger partial charge in [-0.05, 0) is 43.2 Å². The molecule has 1 heterocycles. The van der Waals surface area contributed by atoms with Crippen molar-refractivity contribution in [3.05, 3.63) is 59.2 Å². The molecular formula is C22H23NO4. The van der Waals surface area contributed by atoms with Gasteiger partial charge in [0.25, 0.3) is 5.91 Å². The lowest BCUT2D eigenvalue weighted by molar-refractivity contribution is -0.128. The van der Waals surface area contributed by atoms with E-state index in [-0.39, 0.29) is 11.9 Å². The highest BCUT2D eigenvalue weighted by Crippen LogP contribution is 2.34. The van der Waals surface area contributed by atoms with Crippen LogP contribution in [0.15, 0.2) is 48.0 Å². The summed E-state index contributed by atoms with van der Waals surface area (Å²) in [6.07, 6.45) is 4.00. The number of carbonyl (C=O) groups excluding carboxylic acids is 1. The fourth-order valence-electron chi connectivity index (χ4n) is 3.37. The Morgan fingerprint density at radius 1 is 1.15 bits per heavy atom. The zero-order chi connectivity index (χ0) is 18.8. The van der Waals surface area contributed by atoms with Crippen molar-refractivity contribution in [1.82, 2.24) is 4.90 Å². The lowest BCUT2D eigenvalue weighted by Gasteiger charge is -2.26. The molecular weight excluding hydrogens is 342 g/mol. The summed E-state index contributed by atoms with van der Waals surface area (Å²) in [7, 11) is 3.28. The summed E-state index contributed by atoms with van der Waals surface area (Å²) in [5.74, 6) is 2.36. The molecule has 5 heteroatoms. The number of para-hydroxylation sites is 1. The average molecular weight is 365 g/mol. The van der Waals surface area contributed by atoms with Crippen LogP contribution >= 0.6 is 0 Å². The number of ether oxygens (including phenoxy) is 3. The monoisotopic (exact) mass is 365 g/mol. The van der Waals surface area contributed by atoms with Crippen molar-refractivity contribution in [1.29, 1.82) is 0 Å². The van der Waals surface area contributed by atoms with E-state index in [9.17, 15) is 4.79 Å². The minimum Gasteiger partial charge on any atom is -0.497 e. The van der Waals surface area contributed by atoms with Crippen LogP contribution in [0.25, 0.3) is 6.08 Å². The summed E-state index contributed by atoms with van der Waals surface area (Å²) < 4.78 is 16.6. The molecule has 0 N–H and O–H groups in total. The van der Waals surface area contributed by atoms with Crippen LogP contribution in [-0.2, 0) is 11.3 Å². The van der Waals surface area contributed by atoms with Gasteiger partial charge in [0.15, 0.2) is 0 Å². The molecule has 27 heavy (non-hydrogen) atoms. The minimum absolute atomic E-state index is 0.0249. The molecule has 0 atom stereocenters. The van der Waals surface area contributed by atoms with Crippen molar-refractivity contribution in [2.24, 2.45) is 0 Å². The maximum atomic E-state index is 13.3. The van der Waals surface area contributed by atoms with E-state index in [0.717, 1.165) is 41.2 Å². The normalized spacial score (nSPS) is 15.3. The van der Waals surface area contributed by atoms with Crippen LogP contribution in [0.5, 0.6) is 17.2 Å². The molecule has 2 aromatic carbocycles. The highest BCUT2D eigenvalue weighted by atomic mass is 16.5. The summed E-state index contributed by atoms with van der Waals surface area (Å²) in [6.45, 7) is 0.789. The van der Waals surface area contributed by atoms with Gasteiger partial charge in [-0.25, -0.2) is 0 Å². The lowest BCUT2D eigenvalue weighted by Crippen LogP contribution is -2.35. The van der Waals surface area contributed by atoms with Crippen LogP contribution in [0.4, 0.5) is 0 Å². The van der Waals surface area contributed by atoms with Crippen LogP contribution in [0.3, 0.4) is 0 Å². The van der Waals surface area contributed by atoms with E-state index in [1.165, 1.54) is 0 Å². The quantitative estimate of drug-likeness (QED) is 0.784. The average Bonchev–Trinajstić information content (AvgIpc) is 3.56. The van der Waals surface area contributed by atoms with Gasteiger partial charge in [-0.3, -0.25) is 4.79 Å². The zero-order valence-electron chi connectivity index (χ0n) is 15.6. The Balaban J connectivity index is 1.61. The van der Waals surface area contributed by atoms with Crippen molar-refractivity contribution in [3.63, 3.8) is 0 Å². The zero-order valence-corrected chi connectivity index (χ0v) is 15.6. The number of benzene rings is 2. The molecule has 4 rings (SSSR count). The molecule has 1 saturated carbocycles. The van der Waals surface area contributed by atoms with Crippen molar-refractivity contribution in [2.45, 2.75) is 25.4 Å². The van der Waals surface area contributed by atoms with E-state index in [4.69, 9.17) is 14.2 Å². The predicted molar refractivity (Wildman–Crippen MR) is 103 cm³/mol. The highest BCUT2D eigenvalue weighted by molar-refractivity contribution is 5.99. The predicted octanol–water partition coefficient (Wildman–Crippen LogP) is 3.67. The van der Waals surface area contributed by atoms with Crippen LogP contribution in [-0.4, -0.2) is 37.7 Å². The van der Waals surface area contributed by atoms with Gasteiger partial charge >= 0.3 is 0 Å². The molecule has 2 aliphatic rings. The molecule has 0 aromatic heterocycles. The van der Waals surface area contributed by atoms with Gasteiger partial charge in [0.05, 0.1) is 26.3 Å². The van der Waals surface area contributed by atoms with E-state index >= 15 is 0 Å². The van der Waals surface area contributed by atoms with Crippen molar-refractivity contribution >= 4 is 12.0 Å². The summed E-state index contributed by atoms with van der Waals surface area (Å²) >= 11 is 0. The first-order chi connectivity index (χ1) is 13.2. The van der Waals surface area contributed by atoms with E-state index in [1.807, 2.05) is 53.4 Å². The van der Waals surface area contributed by atoms with Crippen LogP contribution < -0.4 is 14.2 Å². The van der Waals surface area contributed by atoms with Gasteiger partial charge < -0.3 is 19.1 Å². The van der Waals surface area contributed by atoms with Gasteiger partial charge in [0.1, 0.15) is 23.9 Å². The smallest absolute Gasteiger partial charge is 0.253 e. The molecule has 140 valence electrons. The fraction of sp³-hybridized carbons (Fsp3) is 0.318. The van der Waals surface area contributed by atoms with Crippen LogP contribution in [0.1, 0.15) is 24.0 Å². The Morgan fingerprint density at radius 2 is 1.96 bits per heavy atom. The van der Waals surface area contributed by atoms with E-state index in [0.29, 0.717) is 18.7 Å². The van der Waals surface area contributed by atoms with Gasteiger partial charge in [-0.15, -0.1) is 0 Å². The molecule has 5 nitrogen and oxygen atoms in total. The van der Waals surface area contributed by atoms with Gasteiger partial charge in [-0.2, -0.15) is 0 Å². The van der Waals surface area contributed by atoms with Gasteiger partial charge in [0, 0.05) is 17.2 Å². The van der Waals surface area contributed by atoms with Crippen molar-refractivity contribution < 1.29 is 19.0 Å². The SMILES string of the molecule is COc1ccc(OC)c(CN(C(=O)C2=Cc3ccccc3OC2)C2CC2)c1. The summed E-state index contributed by atoms with van der Waals surface area (Å²) in [4.78, 5) is 15.2. The van der Waals surface area contributed by atoms with E-state index < -0.39 is 0 Å². The maximum Gasteiger partial charge on any atom is 0.253 e. The number of hydrogen-bond donors (Lipinski definition) is 0. The van der Waals surface area contributed by atoms with Crippen molar-refractivity contribution in [2.75, 3.05) is 20.8 Å². The first-order valence-electron chi connectivity index (χ1n) is 9.14. The Kier molecular flexibility index (Phi) is 4.75. The minimum atomic E-state index is 0.0249. The third-order valence-corrected chi connectivity index (χ3v) is 4.98. The molecule has 1 fully saturated rings. The molecule has 0 bridgehead atoms. The lowest BCUT2D eigenvalue weighted by atomic mass is 10.1. The number of fused-ring (bicyclic) bond motifs is 1. The molecule has 0 spiro atoms. The second kappa shape index (κ2) is 7.35. The number of methoxy groups -OCH3 is 2. The first-order valence-corrected chi connectivity index (χ1v) is 9.14. The second-order valence-electron chi connectivity index (χ2n) is 6.84. The maximum absolute atomic E-state index is 13.3. The molecule has 0 unspecified atom stereocenters. The molecule has 1 aliphatic heterocycles. The molecule has 1 amide bonds. The third-order valence-electron chi connectivity index (χ3n) is 4.98. The molecule has 1 aliphatic carbocycles. The van der Waals surface area contributed by atoms with E-state index in [1.54, 1.807) is 14.2 Å². The Bertz CT molecular complexity index is 886. The molecule has 0 saturated heterocycles. The summed E-state index contributed by atoms with van der Waals surface area (Å²) in [6, 6.07) is 13.7. The number of rotatable bonds is 6.